The lowest BCUT2D eigenvalue weighted by molar-refractivity contribution is -0.302. The third-order valence-corrected chi connectivity index (χ3v) is 14.4. The van der Waals surface area contributed by atoms with Gasteiger partial charge >= 0.3 is 5.97 Å². The van der Waals surface area contributed by atoms with E-state index in [1.807, 2.05) is 6.08 Å². The molecule has 0 bridgehead atoms. The maximum Gasteiger partial charge on any atom is 0.305 e. The van der Waals surface area contributed by atoms with Gasteiger partial charge in [-0.1, -0.05) is 242 Å². The monoisotopic (exact) mass is 1060 g/mol. The van der Waals surface area contributed by atoms with E-state index in [2.05, 4.69) is 67.8 Å². The van der Waals surface area contributed by atoms with Crippen LogP contribution in [-0.2, 0) is 23.8 Å². The molecule has 0 aromatic heterocycles. The SMILES string of the molecule is CCCC/C=C\C/C=C\CCCCCCCC(=O)OCC/C=C\C/C=C\CCCCCCCCCCCCCCCCC(=O)NC(COC1OC(CO)C(O)C(O)C1O)C(O)/C=C/CCCCCCCCCCCC. The number of ether oxygens (including phenoxy) is 3. The van der Waals surface area contributed by atoms with Crippen LogP contribution in [0.2, 0.25) is 0 Å². The Morgan fingerprint density at radius 1 is 0.493 bits per heavy atom. The Morgan fingerprint density at radius 3 is 1.39 bits per heavy atom. The second kappa shape index (κ2) is 53.4. The van der Waals surface area contributed by atoms with Gasteiger partial charge in [-0.3, -0.25) is 9.59 Å². The first kappa shape index (κ1) is 70.4. The van der Waals surface area contributed by atoms with Crippen molar-refractivity contribution in [1.29, 1.82) is 0 Å². The van der Waals surface area contributed by atoms with E-state index >= 15 is 0 Å². The Labute approximate surface area is 458 Å². The third kappa shape index (κ3) is 43.0. The summed E-state index contributed by atoms with van der Waals surface area (Å²) in [6, 6.07) is -0.815. The molecule has 0 aromatic rings. The second-order valence-corrected chi connectivity index (χ2v) is 21.4. The lowest BCUT2D eigenvalue weighted by Crippen LogP contribution is -2.60. The van der Waals surface area contributed by atoms with Crippen molar-refractivity contribution in [2.45, 2.75) is 314 Å². The molecule has 11 nitrogen and oxygen atoms in total. The quantitative estimate of drug-likeness (QED) is 0.0195. The van der Waals surface area contributed by atoms with Crippen molar-refractivity contribution >= 4 is 11.9 Å². The highest BCUT2D eigenvalue weighted by molar-refractivity contribution is 5.76. The smallest absolute Gasteiger partial charge is 0.305 e. The number of aliphatic hydroxyl groups is 5. The van der Waals surface area contributed by atoms with Crippen molar-refractivity contribution in [2.24, 2.45) is 0 Å². The molecule has 1 fully saturated rings. The largest absolute Gasteiger partial charge is 0.465 e. The average molecular weight is 1060 g/mol. The van der Waals surface area contributed by atoms with E-state index < -0.39 is 49.5 Å². The van der Waals surface area contributed by atoms with Gasteiger partial charge in [-0.2, -0.15) is 0 Å². The molecule has 1 rings (SSSR count). The lowest BCUT2D eigenvalue weighted by Gasteiger charge is -2.40. The van der Waals surface area contributed by atoms with Gasteiger partial charge in [0.25, 0.3) is 0 Å². The number of carbonyl (C=O) groups is 2. The van der Waals surface area contributed by atoms with Crippen molar-refractivity contribution in [3.63, 3.8) is 0 Å². The van der Waals surface area contributed by atoms with Crippen LogP contribution in [0.25, 0.3) is 0 Å². The summed E-state index contributed by atoms with van der Waals surface area (Å²) in [5.41, 5.74) is 0. The molecular weight excluding hydrogens is 943 g/mol. The Bertz CT molecular complexity index is 1430. The molecule has 1 amide bonds. The van der Waals surface area contributed by atoms with Crippen LogP contribution in [0.4, 0.5) is 0 Å². The third-order valence-electron chi connectivity index (χ3n) is 14.4. The maximum atomic E-state index is 13.0. The number of amides is 1. The minimum absolute atomic E-state index is 0.0636. The van der Waals surface area contributed by atoms with Gasteiger partial charge in [-0.05, 0) is 77.0 Å². The Morgan fingerprint density at radius 2 is 0.907 bits per heavy atom. The first-order valence-corrected chi connectivity index (χ1v) is 31.1. The number of allylic oxidation sites excluding steroid dienone is 8. The average Bonchev–Trinajstić information content (AvgIpc) is 3.41. The molecule has 1 aliphatic heterocycles. The fourth-order valence-electron chi connectivity index (χ4n) is 9.41. The molecule has 7 atom stereocenters. The zero-order valence-electron chi connectivity index (χ0n) is 48.0. The van der Waals surface area contributed by atoms with Crippen molar-refractivity contribution in [2.75, 3.05) is 19.8 Å². The fourth-order valence-corrected chi connectivity index (χ4v) is 9.41. The van der Waals surface area contributed by atoms with E-state index in [4.69, 9.17) is 14.2 Å². The van der Waals surface area contributed by atoms with E-state index in [1.165, 1.54) is 161 Å². The number of carbonyl (C=O) groups excluding carboxylic acids is 2. The first-order chi connectivity index (χ1) is 36.7. The molecule has 0 saturated carbocycles. The van der Waals surface area contributed by atoms with Crippen LogP contribution in [0.3, 0.4) is 0 Å². The number of hydrogen-bond donors (Lipinski definition) is 6. The summed E-state index contributed by atoms with van der Waals surface area (Å²) in [7, 11) is 0. The predicted octanol–water partition coefficient (Wildman–Crippen LogP) is 14.6. The minimum atomic E-state index is -1.57. The topological polar surface area (TPSA) is 175 Å². The van der Waals surface area contributed by atoms with E-state index in [1.54, 1.807) is 6.08 Å². The molecule has 11 heteroatoms. The zero-order valence-corrected chi connectivity index (χ0v) is 48.0. The molecule has 75 heavy (non-hydrogen) atoms. The summed E-state index contributed by atoms with van der Waals surface area (Å²) >= 11 is 0. The molecule has 0 aromatic carbocycles. The normalized spacial score (nSPS) is 19.2. The lowest BCUT2D eigenvalue weighted by atomic mass is 9.99. The molecular formula is C64H115NO10. The van der Waals surface area contributed by atoms with Gasteiger partial charge in [0.1, 0.15) is 24.4 Å². The van der Waals surface area contributed by atoms with Gasteiger partial charge in [0.15, 0.2) is 6.29 Å². The number of esters is 1. The Kier molecular flexibility index (Phi) is 50.1. The van der Waals surface area contributed by atoms with E-state index in [9.17, 15) is 35.1 Å². The van der Waals surface area contributed by atoms with Crippen LogP contribution in [0.1, 0.15) is 271 Å². The Hall–Kier alpha value is -2.64. The highest BCUT2D eigenvalue weighted by atomic mass is 16.7. The molecule has 1 saturated heterocycles. The van der Waals surface area contributed by atoms with Crippen LogP contribution in [0, 0.1) is 0 Å². The summed E-state index contributed by atoms with van der Waals surface area (Å²) in [5, 5.41) is 54.4. The summed E-state index contributed by atoms with van der Waals surface area (Å²) in [6.45, 7) is 4.18. The number of unbranched alkanes of at least 4 members (excludes halogenated alkanes) is 31. The number of hydrogen-bond acceptors (Lipinski definition) is 10. The van der Waals surface area contributed by atoms with Crippen LogP contribution in [-0.4, -0.2) is 100 Å². The number of aliphatic hydroxyl groups excluding tert-OH is 5. The number of rotatable bonds is 53. The predicted molar refractivity (Wildman–Crippen MR) is 310 cm³/mol. The second-order valence-electron chi connectivity index (χ2n) is 21.4. The van der Waals surface area contributed by atoms with Gasteiger partial charge in [0.2, 0.25) is 5.91 Å². The summed E-state index contributed by atoms with van der Waals surface area (Å²) in [5.74, 6) is -0.251. The van der Waals surface area contributed by atoms with Gasteiger partial charge in [-0.25, -0.2) is 0 Å². The van der Waals surface area contributed by atoms with E-state index in [-0.39, 0.29) is 18.5 Å². The zero-order chi connectivity index (χ0) is 54.5. The summed E-state index contributed by atoms with van der Waals surface area (Å²) in [6.07, 6.45) is 59.0. The van der Waals surface area contributed by atoms with Crippen LogP contribution < -0.4 is 5.32 Å². The molecule has 1 aliphatic rings. The van der Waals surface area contributed by atoms with Gasteiger partial charge in [-0.15, -0.1) is 0 Å². The molecule has 0 aliphatic carbocycles. The molecule has 1 heterocycles. The van der Waals surface area contributed by atoms with Gasteiger partial charge < -0.3 is 45.1 Å². The molecule has 0 spiro atoms. The van der Waals surface area contributed by atoms with Crippen LogP contribution >= 0.6 is 0 Å². The molecule has 6 N–H and O–H groups in total. The van der Waals surface area contributed by atoms with E-state index in [0.717, 1.165) is 83.5 Å². The van der Waals surface area contributed by atoms with E-state index in [0.29, 0.717) is 19.4 Å². The molecule has 7 unspecified atom stereocenters. The minimum Gasteiger partial charge on any atom is -0.465 e. The summed E-state index contributed by atoms with van der Waals surface area (Å²) in [4.78, 5) is 25.1. The highest BCUT2D eigenvalue weighted by Gasteiger charge is 2.44. The fraction of sp³-hybridized carbons (Fsp3) is 0.812. The maximum absolute atomic E-state index is 13.0. The van der Waals surface area contributed by atoms with Crippen LogP contribution in [0.15, 0.2) is 60.8 Å². The highest BCUT2D eigenvalue weighted by Crippen LogP contribution is 2.23. The van der Waals surface area contributed by atoms with Crippen molar-refractivity contribution < 1.29 is 49.3 Å². The van der Waals surface area contributed by atoms with Crippen molar-refractivity contribution in [3.05, 3.63) is 60.8 Å². The molecule has 436 valence electrons. The molecule has 0 radical (unpaired) electrons. The first-order valence-electron chi connectivity index (χ1n) is 31.1. The van der Waals surface area contributed by atoms with Gasteiger partial charge in [0, 0.05) is 12.8 Å². The van der Waals surface area contributed by atoms with Crippen molar-refractivity contribution in [3.8, 4) is 0 Å². The van der Waals surface area contributed by atoms with Crippen LogP contribution in [0.5, 0.6) is 0 Å². The number of nitrogens with one attached hydrogen (secondary N) is 1. The van der Waals surface area contributed by atoms with Crippen molar-refractivity contribution in [1.82, 2.24) is 5.32 Å². The Balaban J connectivity index is 2.07. The summed E-state index contributed by atoms with van der Waals surface area (Å²) < 4.78 is 16.6. The standard InChI is InChI=1S/C64H115NO10/c1-3-5-7-9-11-13-15-17-28-32-36-40-44-48-52-60(69)73-53-49-45-41-37-33-29-26-24-22-20-18-19-21-23-25-27-31-35-39-43-47-51-59(68)65-56(55-74-64-63(72)62(71)61(70)58(54-66)75-64)57(67)50-46-42-38-34-30-16-14-12-10-8-6-4-2/h9,11,15,17,29,33,41,45-46,50,56-58,61-64,66-67,70-72H,3-8,10,12-14,16,18-28,30-32,34-40,42-44,47-49,51-55H2,1-2H3,(H,65,68)/b11-9-,17-15-,33-29-,45-41-,50-46+. The van der Waals surface area contributed by atoms with Gasteiger partial charge in [0.05, 0.1) is 32.0 Å².